The van der Waals surface area contributed by atoms with Crippen molar-refractivity contribution in [1.82, 2.24) is 9.97 Å². The summed E-state index contributed by atoms with van der Waals surface area (Å²) in [4.78, 5) is 10.8. The van der Waals surface area contributed by atoms with E-state index in [2.05, 4.69) is 20.0 Å². The van der Waals surface area contributed by atoms with Crippen molar-refractivity contribution in [2.24, 2.45) is 5.11 Å². The van der Waals surface area contributed by atoms with Crippen molar-refractivity contribution in [3.8, 4) is 11.3 Å². The zero-order valence-corrected chi connectivity index (χ0v) is 7.78. The van der Waals surface area contributed by atoms with Gasteiger partial charge in [-0.2, -0.15) is 0 Å². The molecular weight excluding hydrogens is 190 g/mol. The van der Waals surface area contributed by atoms with E-state index in [9.17, 15) is 0 Å². The SMILES string of the molecule is [N-]=[N+]=Nc1nccnc1-c1ccccc1. The number of benzene rings is 1. The van der Waals surface area contributed by atoms with Crippen molar-refractivity contribution in [2.75, 3.05) is 0 Å². The van der Waals surface area contributed by atoms with Crippen LogP contribution in [-0.4, -0.2) is 9.97 Å². The van der Waals surface area contributed by atoms with Gasteiger partial charge in [-0.25, -0.2) is 0 Å². The van der Waals surface area contributed by atoms with Crippen molar-refractivity contribution in [2.45, 2.75) is 0 Å². The predicted octanol–water partition coefficient (Wildman–Crippen LogP) is 3.09. The summed E-state index contributed by atoms with van der Waals surface area (Å²) >= 11 is 0. The minimum absolute atomic E-state index is 0.297. The third kappa shape index (κ3) is 1.92. The van der Waals surface area contributed by atoms with Crippen LogP contribution in [0.5, 0.6) is 0 Å². The molecule has 0 atom stereocenters. The van der Waals surface area contributed by atoms with Gasteiger partial charge in [0.2, 0.25) is 0 Å². The molecule has 0 amide bonds. The Balaban J connectivity index is 2.58. The second kappa shape index (κ2) is 4.21. The van der Waals surface area contributed by atoms with Gasteiger partial charge < -0.3 is 0 Å². The van der Waals surface area contributed by atoms with Crippen LogP contribution >= 0.6 is 0 Å². The van der Waals surface area contributed by atoms with Gasteiger partial charge in [-0.15, -0.1) is 0 Å². The fourth-order valence-corrected chi connectivity index (χ4v) is 1.25. The monoisotopic (exact) mass is 197 g/mol. The van der Waals surface area contributed by atoms with E-state index in [1.807, 2.05) is 30.3 Å². The molecule has 0 aliphatic heterocycles. The standard InChI is InChI=1S/C10H7N5/c11-15-14-10-9(12-6-7-13-10)8-4-2-1-3-5-8/h1-7H. The van der Waals surface area contributed by atoms with E-state index in [0.717, 1.165) is 5.56 Å². The molecule has 0 fully saturated rings. The molecule has 5 heteroatoms. The first-order valence-electron chi connectivity index (χ1n) is 4.33. The number of aromatic nitrogens is 2. The third-order valence-corrected chi connectivity index (χ3v) is 1.87. The molecule has 0 unspecified atom stereocenters. The van der Waals surface area contributed by atoms with E-state index in [-0.39, 0.29) is 0 Å². The van der Waals surface area contributed by atoms with E-state index in [1.54, 1.807) is 6.20 Å². The Hall–Kier alpha value is -2.39. The average molecular weight is 197 g/mol. The largest absolute Gasteiger partial charge is 0.253 e. The summed E-state index contributed by atoms with van der Waals surface area (Å²) in [5.74, 6) is 0.297. The van der Waals surface area contributed by atoms with Crippen molar-refractivity contribution in [3.63, 3.8) is 0 Å². The molecule has 1 aromatic heterocycles. The maximum Gasteiger partial charge on any atom is 0.153 e. The summed E-state index contributed by atoms with van der Waals surface area (Å²) in [7, 11) is 0. The Morgan fingerprint density at radius 1 is 1.07 bits per heavy atom. The maximum atomic E-state index is 8.38. The van der Waals surface area contributed by atoms with Gasteiger partial charge in [0.25, 0.3) is 0 Å². The van der Waals surface area contributed by atoms with E-state index in [1.165, 1.54) is 6.20 Å². The topological polar surface area (TPSA) is 74.5 Å². The lowest BCUT2D eigenvalue weighted by molar-refractivity contribution is 1.17. The van der Waals surface area contributed by atoms with Gasteiger partial charge in [0.05, 0.1) is 5.69 Å². The second-order valence-corrected chi connectivity index (χ2v) is 2.78. The molecule has 2 aromatic rings. The fourth-order valence-electron chi connectivity index (χ4n) is 1.25. The van der Waals surface area contributed by atoms with Crippen LogP contribution in [0.2, 0.25) is 0 Å². The summed E-state index contributed by atoms with van der Waals surface area (Å²) in [6.07, 6.45) is 3.06. The molecule has 0 saturated heterocycles. The van der Waals surface area contributed by atoms with Crippen molar-refractivity contribution >= 4 is 5.82 Å². The number of hydrogen-bond acceptors (Lipinski definition) is 3. The van der Waals surface area contributed by atoms with Crippen LogP contribution in [0, 0.1) is 0 Å². The Morgan fingerprint density at radius 2 is 1.80 bits per heavy atom. The van der Waals surface area contributed by atoms with E-state index in [4.69, 9.17) is 5.53 Å². The van der Waals surface area contributed by atoms with Gasteiger partial charge >= 0.3 is 0 Å². The van der Waals surface area contributed by atoms with Gasteiger partial charge in [0.1, 0.15) is 0 Å². The molecule has 0 spiro atoms. The lowest BCUT2D eigenvalue weighted by Crippen LogP contribution is -1.85. The minimum Gasteiger partial charge on any atom is -0.253 e. The first-order chi connectivity index (χ1) is 7.42. The quantitative estimate of drug-likeness (QED) is 0.421. The summed E-state index contributed by atoms with van der Waals surface area (Å²) < 4.78 is 0. The van der Waals surface area contributed by atoms with Crippen molar-refractivity contribution in [1.29, 1.82) is 0 Å². The molecule has 1 heterocycles. The maximum absolute atomic E-state index is 8.38. The summed E-state index contributed by atoms with van der Waals surface area (Å²) in [5, 5.41) is 3.49. The van der Waals surface area contributed by atoms with Crippen LogP contribution in [0.1, 0.15) is 0 Å². The normalized spacial score (nSPS) is 9.33. The zero-order valence-electron chi connectivity index (χ0n) is 7.78. The Morgan fingerprint density at radius 3 is 2.53 bits per heavy atom. The fraction of sp³-hybridized carbons (Fsp3) is 0. The van der Waals surface area contributed by atoms with Crippen LogP contribution < -0.4 is 0 Å². The third-order valence-electron chi connectivity index (χ3n) is 1.87. The number of hydrogen-bond donors (Lipinski definition) is 0. The first kappa shape index (κ1) is 9.18. The van der Waals surface area contributed by atoms with Gasteiger partial charge in [-0.05, 0) is 10.6 Å². The van der Waals surface area contributed by atoms with Crippen molar-refractivity contribution in [3.05, 3.63) is 53.2 Å². The molecule has 0 aliphatic rings. The molecular formula is C10H7N5. The first-order valence-corrected chi connectivity index (χ1v) is 4.33. The van der Waals surface area contributed by atoms with E-state index in [0.29, 0.717) is 11.5 Å². The summed E-state index contributed by atoms with van der Waals surface area (Å²) in [6, 6.07) is 9.47. The molecule has 5 nitrogen and oxygen atoms in total. The minimum atomic E-state index is 0.297. The Bertz CT molecular complexity index is 502. The molecule has 72 valence electrons. The van der Waals surface area contributed by atoms with Gasteiger partial charge in [-0.1, -0.05) is 30.3 Å². The lowest BCUT2D eigenvalue weighted by atomic mass is 10.1. The highest BCUT2D eigenvalue weighted by atomic mass is 15.2. The van der Waals surface area contributed by atoms with Crippen molar-refractivity contribution < 1.29 is 0 Å². The van der Waals surface area contributed by atoms with Gasteiger partial charge in [0, 0.05) is 22.9 Å². The molecule has 0 N–H and O–H groups in total. The number of nitrogens with zero attached hydrogens (tertiary/aromatic N) is 5. The highest BCUT2D eigenvalue weighted by Gasteiger charge is 2.04. The van der Waals surface area contributed by atoms with Crippen LogP contribution in [0.25, 0.3) is 21.7 Å². The summed E-state index contributed by atoms with van der Waals surface area (Å²) in [5.41, 5.74) is 9.86. The molecule has 0 bridgehead atoms. The molecule has 0 aliphatic carbocycles. The zero-order chi connectivity index (χ0) is 10.5. The van der Waals surface area contributed by atoms with Crippen LogP contribution in [0.4, 0.5) is 5.82 Å². The van der Waals surface area contributed by atoms with Gasteiger partial charge in [0.15, 0.2) is 5.82 Å². The van der Waals surface area contributed by atoms with Gasteiger partial charge in [-0.3, -0.25) is 9.97 Å². The number of azide groups is 1. The molecule has 0 radical (unpaired) electrons. The van der Waals surface area contributed by atoms with E-state index >= 15 is 0 Å². The van der Waals surface area contributed by atoms with Crippen LogP contribution in [0.15, 0.2) is 47.8 Å². The predicted molar refractivity (Wildman–Crippen MR) is 56.3 cm³/mol. The Kier molecular flexibility index (Phi) is 2.58. The van der Waals surface area contributed by atoms with Crippen LogP contribution in [-0.2, 0) is 0 Å². The average Bonchev–Trinajstić information content (AvgIpc) is 2.31. The summed E-state index contributed by atoms with van der Waals surface area (Å²) in [6.45, 7) is 0. The molecule has 15 heavy (non-hydrogen) atoms. The highest BCUT2D eigenvalue weighted by Crippen LogP contribution is 2.24. The molecule has 2 rings (SSSR count). The molecule has 1 aromatic carbocycles. The van der Waals surface area contributed by atoms with Crippen LogP contribution in [0.3, 0.4) is 0 Å². The van der Waals surface area contributed by atoms with E-state index < -0.39 is 0 Å². The lowest BCUT2D eigenvalue weighted by Gasteiger charge is -2.01. The molecule has 0 saturated carbocycles. The Labute approximate surface area is 86.1 Å². The smallest absolute Gasteiger partial charge is 0.153 e. The highest BCUT2D eigenvalue weighted by molar-refractivity contribution is 5.68. The second-order valence-electron chi connectivity index (χ2n) is 2.78. The number of rotatable bonds is 2.